The van der Waals surface area contributed by atoms with E-state index < -0.39 is 17.1 Å². The molecule has 1 aliphatic heterocycles. The monoisotopic (exact) mass is 410 g/mol. The Morgan fingerprint density at radius 2 is 2.13 bits per heavy atom. The van der Waals surface area contributed by atoms with Crippen LogP contribution in [-0.4, -0.2) is 45.7 Å². The average molecular weight is 411 g/mol. The van der Waals surface area contributed by atoms with Crippen molar-refractivity contribution in [1.29, 1.82) is 0 Å². The molecule has 3 aliphatic carbocycles. The highest BCUT2D eigenvalue weighted by molar-refractivity contribution is 5.97. The van der Waals surface area contributed by atoms with Crippen LogP contribution in [-0.2, 0) is 20.7 Å². The third kappa shape index (κ3) is 2.58. The number of aliphatic hydroxyl groups excluding tert-OH is 1. The molecule has 5 nitrogen and oxygen atoms in total. The van der Waals surface area contributed by atoms with Gasteiger partial charge >= 0.3 is 0 Å². The lowest BCUT2D eigenvalue weighted by Gasteiger charge is -2.55. The number of Topliss-reactive ketones (excluding diaryl/α,β-unsaturated/α-hetero) is 1. The molecule has 30 heavy (non-hydrogen) atoms. The molecule has 1 saturated carbocycles. The van der Waals surface area contributed by atoms with Crippen LogP contribution in [0.2, 0.25) is 0 Å². The van der Waals surface area contributed by atoms with Crippen LogP contribution in [0.25, 0.3) is 0 Å². The molecule has 8 unspecified atom stereocenters. The highest BCUT2D eigenvalue weighted by Crippen LogP contribution is 2.66. The SMILES string of the molecule is CC(=O)CC(O)C(C)c1ccc2c(c1)CCC1C2C2OC2C2(O)CC=CC(=O)C12C. The molecule has 0 spiro atoms. The van der Waals surface area contributed by atoms with Gasteiger partial charge in [0.25, 0.3) is 0 Å². The molecule has 160 valence electrons. The van der Waals surface area contributed by atoms with Gasteiger partial charge in [-0.05, 0) is 61.8 Å². The van der Waals surface area contributed by atoms with Crippen LogP contribution in [0.3, 0.4) is 0 Å². The molecular formula is C25H30O5. The first-order chi connectivity index (χ1) is 14.2. The van der Waals surface area contributed by atoms with E-state index in [-0.39, 0.29) is 47.9 Å². The minimum atomic E-state index is -1.12. The first kappa shape index (κ1) is 20.1. The molecule has 5 rings (SSSR count). The maximum Gasteiger partial charge on any atom is 0.164 e. The Morgan fingerprint density at radius 3 is 2.87 bits per heavy atom. The first-order valence-corrected chi connectivity index (χ1v) is 11.1. The van der Waals surface area contributed by atoms with Crippen LogP contribution >= 0.6 is 0 Å². The quantitative estimate of drug-likeness (QED) is 0.746. The number of aryl methyl sites for hydroxylation is 1. The van der Waals surface area contributed by atoms with Gasteiger partial charge in [-0.15, -0.1) is 0 Å². The van der Waals surface area contributed by atoms with Crippen molar-refractivity contribution in [2.75, 3.05) is 0 Å². The molecule has 0 bridgehead atoms. The standard InChI is InChI=1S/C25H30O5/c1-13(26)11-19(27)14(2)15-6-8-17-16(12-15)7-9-18-21(17)22-23(30-22)25(29)10-4-5-20(28)24(18,25)3/h4-6,8,12,14,18-19,21-23,27,29H,7,9-11H2,1-3H3. The van der Waals surface area contributed by atoms with Gasteiger partial charge in [0, 0.05) is 18.3 Å². The second kappa shape index (κ2) is 6.59. The van der Waals surface area contributed by atoms with Crippen molar-refractivity contribution in [1.82, 2.24) is 0 Å². The molecule has 4 aliphatic rings. The number of benzene rings is 1. The van der Waals surface area contributed by atoms with Gasteiger partial charge in [-0.1, -0.05) is 31.2 Å². The minimum absolute atomic E-state index is 0.0128. The summed E-state index contributed by atoms with van der Waals surface area (Å²) in [6, 6.07) is 6.31. The molecule has 2 N–H and O–H groups in total. The molecule has 0 amide bonds. The minimum Gasteiger partial charge on any atom is -0.392 e. The Bertz CT molecular complexity index is 951. The summed E-state index contributed by atoms with van der Waals surface area (Å²) in [6.45, 7) is 5.39. The Labute approximate surface area is 177 Å². The van der Waals surface area contributed by atoms with Gasteiger partial charge in [0.05, 0.1) is 17.6 Å². The molecule has 0 aromatic heterocycles. The van der Waals surface area contributed by atoms with Crippen molar-refractivity contribution >= 4 is 11.6 Å². The third-order valence-electron chi connectivity index (χ3n) is 8.49. The van der Waals surface area contributed by atoms with E-state index in [9.17, 15) is 19.8 Å². The van der Waals surface area contributed by atoms with Crippen LogP contribution < -0.4 is 0 Å². The summed E-state index contributed by atoms with van der Waals surface area (Å²) in [4.78, 5) is 24.4. The number of hydrogen-bond donors (Lipinski definition) is 2. The largest absolute Gasteiger partial charge is 0.392 e. The Morgan fingerprint density at radius 1 is 1.37 bits per heavy atom. The number of carbonyl (C=O) groups is 2. The summed E-state index contributed by atoms with van der Waals surface area (Å²) >= 11 is 0. The summed E-state index contributed by atoms with van der Waals surface area (Å²) < 4.78 is 6.04. The second-order valence-electron chi connectivity index (χ2n) is 10.0. The highest BCUT2D eigenvalue weighted by atomic mass is 16.6. The lowest BCUT2D eigenvalue weighted by Crippen LogP contribution is -2.65. The third-order valence-corrected chi connectivity index (χ3v) is 8.49. The molecule has 0 radical (unpaired) electrons. The van der Waals surface area contributed by atoms with Gasteiger partial charge in [0.1, 0.15) is 17.5 Å². The van der Waals surface area contributed by atoms with E-state index in [4.69, 9.17) is 4.74 Å². The Kier molecular flexibility index (Phi) is 4.41. The molecule has 8 atom stereocenters. The van der Waals surface area contributed by atoms with Gasteiger partial charge in [0.2, 0.25) is 0 Å². The van der Waals surface area contributed by atoms with Crippen molar-refractivity contribution in [3.8, 4) is 0 Å². The van der Waals surface area contributed by atoms with E-state index in [0.29, 0.717) is 6.42 Å². The molecule has 1 saturated heterocycles. The Hall–Kier alpha value is -1.82. The van der Waals surface area contributed by atoms with Crippen molar-refractivity contribution in [2.24, 2.45) is 11.3 Å². The normalized spacial score (nSPS) is 40.5. The fraction of sp³-hybridized carbons (Fsp3) is 0.600. The zero-order valence-electron chi connectivity index (χ0n) is 17.8. The summed E-state index contributed by atoms with van der Waals surface area (Å²) in [6.07, 6.45) is 4.70. The second-order valence-corrected chi connectivity index (χ2v) is 10.0. The van der Waals surface area contributed by atoms with Gasteiger partial charge in [-0.25, -0.2) is 0 Å². The average Bonchev–Trinajstić information content (AvgIpc) is 3.50. The van der Waals surface area contributed by atoms with Gasteiger partial charge in [-0.3, -0.25) is 9.59 Å². The predicted molar refractivity (Wildman–Crippen MR) is 111 cm³/mol. The number of carbonyl (C=O) groups excluding carboxylic acids is 2. The van der Waals surface area contributed by atoms with Crippen LogP contribution in [0.1, 0.15) is 68.6 Å². The van der Waals surface area contributed by atoms with Crippen molar-refractivity contribution in [2.45, 2.75) is 82.2 Å². The number of allylic oxidation sites excluding steroid dienone is 1. The summed E-state index contributed by atoms with van der Waals surface area (Å²) in [5.74, 6) is 0.0251. The maximum atomic E-state index is 13.0. The number of aliphatic hydroxyl groups is 2. The van der Waals surface area contributed by atoms with Crippen LogP contribution in [0.15, 0.2) is 30.4 Å². The topological polar surface area (TPSA) is 87.1 Å². The molecule has 1 aromatic rings. The zero-order chi connectivity index (χ0) is 21.4. The van der Waals surface area contributed by atoms with Crippen LogP contribution in [0.5, 0.6) is 0 Å². The molecular weight excluding hydrogens is 380 g/mol. The maximum absolute atomic E-state index is 13.0. The molecule has 1 heterocycles. The van der Waals surface area contributed by atoms with E-state index in [0.717, 1.165) is 18.4 Å². The van der Waals surface area contributed by atoms with E-state index in [1.807, 2.05) is 19.9 Å². The number of rotatable bonds is 4. The van der Waals surface area contributed by atoms with Gasteiger partial charge < -0.3 is 14.9 Å². The van der Waals surface area contributed by atoms with Crippen molar-refractivity contribution in [3.63, 3.8) is 0 Å². The highest BCUT2D eigenvalue weighted by Gasteiger charge is 2.74. The summed E-state index contributed by atoms with van der Waals surface area (Å²) in [7, 11) is 0. The van der Waals surface area contributed by atoms with E-state index in [1.165, 1.54) is 18.1 Å². The summed E-state index contributed by atoms with van der Waals surface area (Å²) in [5, 5.41) is 21.9. The number of epoxide rings is 1. The number of ether oxygens (including phenoxy) is 1. The Balaban J connectivity index is 1.50. The lowest BCUT2D eigenvalue weighted by molar-refractivity contribution is -0.164. The smallest absolute Gasteiger partial charge is 0.164 e. The zero-order valence-corrected chi connectivity index (χ0v) is 17.8. The number of fused-ring (bicyclic) bond motifs is 8. The number of hydrogen-bond acceptors (Lipinski definition) is 5. The summed E-state index contributed by atoms with van der Waals surface area (Å²) in [5.41, 5.74) is 1.53. The molecule has 2 fully saturated rings. The molecule has 1 aromatic carbocycles. The first-order valence-electron chi connectivity index (χ1n) is 11.1. The van der Waals surface area contributed by atoms with E-state index >= 15 is 0 Å². The van der Waals surface area contributed by atoms with Crippen LogP contribution in [0, 0.1) is 11.3 Å². The molecule has 5 heteroatoms. The van der Waals surface area contributed by atoms with E-state index in [2.05, 4.69) is 12.1 Å². The van der Waals surface area contributed by atoms with Gasteiger partial charge in [-0.2, -0.15) is 0 Å². The lowest BCUT2D eigenvalue weighted by atomic mass is 9.48. The fourth-order valence-electron chi connectivity index (χ4n) is 6.55. The van der Waals surface area contributed by atoms with Crippen molar-refractivity contribution in [3.05, 3.63) is 47.0 Å². The number of ketones is 2. The van der Waals surface area contributed by atoms with Crippen LogP contribution in [0.4, 0.5) is 0 Å². The van der Waals surface area contributed by atoms with E-state index in [1.54, 1.807) is 12.2 Å². The van der Waals surface area contributed by atoms with Crippen molar-refractivity contribution < 1.29 is 24.5 Å². The van der Waals surface area contributed by atoms with Gasteiger partial charge in [0.15, 0.2) is 5.78 Å². The fourth-order valence-corrected chi connectivity index (χ4v) is 6.55. The predicted octanol–water partition coefficient (Wildman–Crippen LogP) is 2.82.